The Kier molecular flexibility index (Phi) is 7.62. The largest absolute Gasteiger partial charge is 0.504 e. The molecule has 0 bridgehead atoms. The number of rotatable bonds is 8. The van der Waals surface area contributed by atoms with Crippen LogP contribution in [0.2, 0.25) is 0 Å². The molecule has 7 nitrogen and oxygen atoms in total. The zero-order valence-corrected chi connectivity index (χ0v) is 13.0. The number of methoxy groups -OCH3 is 1. The Bertz CT molecular complexity index is 572. The van der Waals surface area contributed by atoms with Gasteiger partial charge in [-0.1, -0.05) is 6.07 Å². The van der Waals surface area contributed by atoms with Crippen LogP contribution in [0.4, 0.5) is 0 Å². The number of nitrogens with one attached hydrogen (secondary N) is 1. The zero-order valence-electron chi connectivity index (χ0n) is 13.0. The Balaban J connectivity index is 2.64. The normalized spacial score (nSPS) is 12.1. The van der Waals surface area contributed by atoms with Crippen LogP contribution in [0.25, 0.3) is 6.08 Å². The highest BCUT2D eigenvalue weighted by Gasteiger charge is 2.19. The molecule has 0 saturated heterocycles. The number of nitrogens with two attached hydrogens (primary N) is 1. The van der Waals surface area contributed by atoms with Gasteiger partial charge in [-0.05, 0) is 49.6 Å². The molecular weight excluding hydrogens is 300 g/mol. The summed E-state index contributed by atoms with van der Waals surface area (Å²) in [5, 5.41) is 21.2. The van der Waals surface area contributed by atoms with Crippen LogP contribution in [0.1, 0.15) is 24.8 Å². The number of benzene rings is 1. The second kappa shape index (κ2) is 9.47. The molecule has 0 unspecified atom stereocenters. The van der Waals surface area contributed by atoms with E-state index in [0.717, 1.165) is 6.42 Å². The van der Waals surface area contributed by atoms with Crippen LogP contribution in [0.3, 0.4) is 0 Å². The van der Waals surface area contributed by atoms with E-state index < -0.39 is 17.9 Å². The van der Waals surface area contributed by atoms with Crippen molar-refractivity contribution in [2.45, 2.75) is 25.3 Å². The molecular formula is C16H22N2O5. The van der Waals surface area contributed by atoms with Crippen molar-refractivity contribution in [3.05, 3.63) is 29.8 Å². The average Bonchev–Trinajstić information content (AvgIpc) is 2.54. The molecule has 1 atom stereocenters. The molecule has 0 aliphatic heterocycles. The Labute approximate surface area is 134 Å². The molecule has 5 N–H and O–H groups in total. The molecule has 1 rings (SSSR count). The van der Waals surface area contributed by atoms with Gasteiger partial charge in [0.25, 0.3) is 0 Å². The van der Waals surface area contributed by atoms with E-state index >= 15 is 0 Å². The molecule has 0 aromatic heterocycles. The third-order valence-corrected chi connectivity index (χ3v) is 3.18. The molecule has 1 aromatic carbocycles. The topological polar surface area (TPSA) is 122 Å². The van der Waals surface area contributed by atoms with Crippen LogP contribution in [0.15, 0.2) is 24.3 Å². The van der Waals surface area contributed by atoms with Gasteiger partial charge in [0.15, 0.2) is 11.5 Å². The number of unbranched alkanes of at least 4 members (excludes halogenated alkanes) is 1. The molecule has 126 valence electrons. The highest BCUT2D eigenvalue weighted by Crippen LogP contribution is 2.25. The third kappa shape index (κ3) is 6.39. The number of hydrogen-bond donors (Lipinski definition) is 4. The number of phenolic OH excluding ortho intramolecular Hbond substituents is 2. The zero-order chi connectivity index (χ0) is 17.2. The fourth-order valence-electron chi connectivity index (χ4n) is 1.92. The molecule has 0 fully saturated rings. The number of amides is 1. The van der Waals surface area contributed by atoms with Crippen molar-refractivity contribution in [1.82, 2.24) is 5.32 Å². The standard InChI is InChI=1S/C16H22N2O5/c1-23-16(22)12(4-2-3-9-17)18-15(21)8-6-11-5-7-13(19)14(20)10-11/h5-8,10,12,19-20H,2-4,9,17H2,1H3,(H,18,21)/b8-6+/t12-/m0/s1. The van der Waals surface area contributed by atoms with Crippen molar-refractivity contribution in [3.63, 3.8) is 0 Å². The lowest BCUT2D eigenvalue weighted by Crippen LogP contribution is -2.40. The fourth-order valence-corrected chi connectivity index (χ4v) is 1.92. The van der Waals surface area contributed by atoms with Gasteiger partial charge < -0.3 is 26.0 Å². The minimum Gasteiger partial charge on any atom is -0.504 e. The quantitative estimate of drug-likeness (QED) is 0.244. The van der Waals surface area contributed by atoms with E-state index in [1.807, 2.05) is 0 Å². The van der Waals surface area contributed by atoms with Crippen molar-refractivity contribution in [3.8, 4) is 11.5 Å². The fraction of sp³-hybridized carbons (Fsp3) is 0.375. The predicted octanol–water partition coefficient (Wildman–Crippen LogP) is 0.898. The van der Waals surface area contributed by atoms with Gasteiger partial charge in [0.05, 0.1) is 7.11 Å². The average molecular weight is 322 g/mol. The monoisotopic (exact) mass is 322 g/mol. The van der Waals surface area contributed by atoms with Gasteiger partial charge in [-0.25, -0.2) is 4.79 Å². The number of hydrogen-bond acceptors (Lipinski definition) is 6. The summed E-state index contributed by atoms with van der Waals surface area (Å²) in [6.45, 7) is 0.520. The summed E-state index contributed by atoms with van der Waals surface area (Å²) >= 11 is 0. The summed E-state index contributed by atoms with van der Waals surface area (Å²) in [6.07, 6.45) is 4.61. The summed E-state index contributed by atoms with van der Waals surface area (Å²) in [5.41, 5.74) is 5.94. The molecule has 0 spiro atoms. The number of carbonyl (C=O) groups is 2. The van der Waals surface area contributed by atoms with Crippen LogP contribution < -0.4 is 11.1 Å². The third-order valence-electron chi connectivity index (χ3n) is 3.18. The number of carbonyl (C=O) groups excluding carboxylic acids is 2. The van der Waals surface area contributed by atoms with Gasteiger partial charge >= 0.3 is 5.97 Å². The van der Waals surface area contributed by atoms with E-state index in [4.69, 9.17) is 5.73 Å². The van der Waals surface area contributed by atoms with Gasteiger partial charge in [-0.2, -0.15) is 0 Å². The van der Waals surface area contributed by atoms with E-state index in [1.54, 1.807) is 0 Å². The number of ether oxygens (including phenoxy) is 1. The Morgan fingerprint density at radius 1 is 1.30 bits per heavy atom. The Hall–Kier alpha value is -2.54. The van der Waals surface area contributed by atoms with Gasteiger partial charge in [0.1, 0.15) is 6.04 Å². The number of phenols is 2. The first-order chi connectivity index (χ1) is 11.0. The maximum absolute atomic E-state index is 11.9. The minimum absolute atomic E-state index is 0.239. The van der Waals surface area contributed by atoms with Crippen molar-refractivity contribution in [2.24, 2.45) is 5.73 Å². The molecule has 23 heavy (non-hydrogen) atoms. The molecule has 0 heterocycles. The molecule has 1 aromatic rings. The van der Waals surface area contributed by atoms with E-state index in [2.05, 4.69) is 10.1 Å². The maximum Gasteiger partial charge on any atom is 0.328 e. The highest BCUT2D eigenvalue weighted by molar-refractivity contribution is 5.94. The van der Waals surface area contributed by atoms with Crippen molar-refractivity contribution < 1.29 is 24.5 Å². The number of esters is 1. The lowest BCUT2D eigenvalue weighted by atomic mass is 10.1. The van der Waals surface area contributed by atoms with Crippen LogP contribution in [-0.2, 0) is 14.3 Å². The summed E-state index contributed by atoms with van der Waals surface area (Å²) < 4.78 is 4.67. The first-order valence-electron chi connectivity index (χ1n) is 7.26. The van der Waals surface area contributed by atoms with Crippen LogP contribution in [0.5, 0.6) is 11.5 Å². The van der Waals surface area contributed by atoms with E-state index in [9.17, 15) is 19.8 Å². The lowest BCUT2D eigenvalue weighted by molar-refractivity contribution is -0.144. The molecule has 0 aliphatic carbocycles. The van der Waals surface area contributed by atoms with E-state index in [0.29, 0.717) is 24.9 Å². The van der Waals surface area contributed by atoms with Crippen molar-refractivity contribution in [2.75, 3.05) is 13.7 Å². The van der Waals surface area contributed by atoms with Gasteiger partial charge in [0.2, 0.25) is 5.91 Å². The Morgan fingerprint density at radius 3 is 2.65 bits per heavy atom. The minimum atomic E-state index is -0.725. The first-order valence-corrected chi connectivity index (χ1v) is 7.26. The lowest BCUT2D eigenvalue weighted by Gasteiger charge is -2.15. The summed E-state index contributed by atoms with van der Waals surface area (Å²) in [7, 11) is 1.26. The summed E-state index contributed by atoms with van der Waals surface area (Å²) in [4.78, 5) is 23.5. The number of aromatic hydroxyl groups is 2. The van der Waals surface area contributed by atoms with Crippen LogP contribution in [0, 0.1) is 0 Å². The van der Waals surface area contributed by atoms with Gasteiger partial charge in [0, 0.05) is 6.08 Å². The van der Waals surface area contributed by atoms with Gasteiger partial charge in [-0.3, -0.25) is 4.79 Å². The highest BCUT2D eigenvalue weighted by atomic mass is 16.5. The second-order valence-electron chi connectivity index (χ2n) is 4.95. The van der Waals surface area contributed by atoms with Gasteiger partial charge in [-0.15, -0.1) is 0 Å². The smallest absolute Gasteiger partial charge is 0.328 e. The Morgan fingerprint density at radius 2 is 2.04 bits per heavy atom. The van der Waals surface area contributed by atoms with Crippen molar-refractivity contribution >= 4 is 18.0 Å². The molecule has 7 heteroatoms. The van der Waals surface area contributed by atoms with E-state index in [-0.39, 0.29) is 11.5 Å². The molecule has 0 aliphatic rings. The summed E-state index contributed by atoms with van der Waals surface area (Å²) in [6, 6.07) is 3.45. The van der Waals surface area contributed by atoms with Crippen LogP contribution >= 0.6 is 0 Å². The molecule has 0 radical (unpaired) electrons. The first kappa shape index (κ1) is 18.5. The molecule has 1 amide bonds. The maximum atomic E-state index is 11.9. The summed E-state index contributed by atoms with van der Waals surface area (Å²) in [5.74, 6) is -1.48. The molecule has 0 saturated carbocycles. The van der Waals surface area contributed by atoms with Crippen LogP contribution in [-0.4, -0.2) is 41.8 Å². The second-order valence-corrected chi connectivity index (χ2v) is 4.95. The SMILES string of the molecule is COC(=O)[C@H](CCCCN)NC(=O)/C=C/c1ccc(O)c(O)c1. The predicted molar refractivity (Wildman–Crippen MR) is 85.7 cm³/mol. The van der Waals surface area contributed by atoms with E-state index in [1.165, 1.54) is 37.5 Å². The van der Waals surface area contributed by atoms with Crippen molar-refractivity contribution in [1.29, 1.82) is 0 Å².